The van der Waals surface area contributed by atoms with E-state index in [-0.39, 0.29) is 0 Å². The summed E-state index contributed by atoms with van der Waals surface area (Å²) >= 11 is 1.83. The van der Waals surface area contributed by atoms with Crippen LogP contribution in [0.4, 0.5) is 0 Å². The second-order valence-electron chi connectivity index (χ2n) is 5.78. The number of piperazine rings is 1. The van der Waals surface area contributed by atoms with Gasteiger partial charge in [-0.3, -0.25) is 0 Å². The fourth-order valence-electron chi connectivity index (χ4n) is 2.46. The van der Waals surface area contributed by atoms with Crippen LogP contribution in [0.5, 0.6) is 0 Å². The molecular weight excluding hydrogens is 242 g/mol. The van der Waals surface area contributed by atoms with Gasteiger partial charge >= 0.3 is 0 Å². The van der Waals surface area contributed by atoms with Crippen LogP contribution in [0, 0.1) is 5.92 Å². The molecule has 4 heteroatoms. The average molecular weight is 267 g/mol. The third kappa shape index (κ3) is 4.34. The highest BCUT2D eigenvalue weighted by Crippen LogP contribution is 2.16. The smallest absolute Gasteiger partial charge is 0.0928 e. The Balaban J connectivity index is 1.77. The van der Waals surface area contributed by atoms with Crippen molar-refractivity contribution >= 4 is 11.3 Å². The van der Waals surface area contributed by atoms with E-state index in [4.69, 9.17) is 4.98 Å². The van der Waals surface area contributed by atoms with Gasteiger partial charge in [0.25, 0.3) is 0 Å². The molecule has 0 amide bonds. The minimum absolute atomic E-state index is 0.640. The van der Waals surface area contributed by atoms with Crippen molar-refractivity contribution in [3.63, 3.8) is 0 Å². The lowest BCUT2D eigenvalue weighted by Gasteiger charge is -2.30. The molecule has 102 valence electrons. The molecule has 1 atom stereocenters. The van der Waals surface area contributed by atoms with Crippen molar-refractivity contribution < 1.29 is 0 Å². The molecule has 2 rings (SSSR count). The molecule has 18 heavy (non-hydrogen) atoms. The summed E-state index contributed by atoms with van der Waals surface area (Å²) < 4.78 is 0. The molecule has 1 aliphatic heterocycles. The van der Waals surface area contributed by atoms with Crippen molar-refractivity contribution in [2.75, 3.05) is 26.7 Å². The highest BCUT2D eigenvalue weighted by atomic mass is 32.1. The molecule has 1 aliphatic rings. The molecule has 1 fully saturated rings. The van der Waals surface area contributed by atoms with Crippen LogP contribution in [-0.2, 0) is 12.8 Å². The minimum Gasteiger partial charge on any atom is -0.311 e. The normalized spacial score (nSPS) is 21.7. The minimum atomic E-state index is 0.640. The van der Waals surface area contributed by atoms with E-state index in [9.17, 15) is 0 Å². The van der Waals surface area contributed by atoms with E-state index in [1.807, 2.05) is 11.3 Å². The third-order valence-electron chi connectivity index (χ3n) is 3.38. The Bertz CT molecular complexity index is 362. The zero-order chi connectivity index (χ0) is 13.0. The molecule has 1 aromatic heterocycles. The highest BCUT2D eigenvalue weighted by molar-refractivity contribution is 7.09. The number of aryl methyl sites for hydroxylation is 1. The highest BCUT2D eigenvalue weighted by Gasteiger charge is 2.16. The van der Waals surface area contributed by atoms with Crippen molar-refractivity contribution in [2.45, 2.75) is 39.2 Å². The first-order valence-corrected chi connectivity index (χ1v) is 7.86. The van der Waals surface area contributed by atoms with Crippen LogP contribution in [0.2, 0.25) is 0 Å². The van der Waals surface area contributed by atoms with Crippen molar-refractivity contribution in [1.29, 1.82) is 0 Å². The second-order valence-corrected chi connectivity index (χ2v) is 6.73. The van der Waals surface area contributed by atoms with E-state index in [1.54, 1.807) is 0 Å². The summed E-state index contributed by atoms with van der Waals surface area (Å²) in [6.07, 6.45) is 3.44. The number of nitrogens with one attached hydrogen (secondary N) is 1. The molecule has 1 aromatic rings. The monoisotopic (exact) mass is 267 g/mol. The van der Waals surface area contributed by atoms with Crippen LogP contribution < -0.4 is 5.32 Å². The van der Waals surface area contributed by atoms with Gasteiger partial charge in [-0.05, 0) is 25.8 Å². The Morgan fingerprint density at radius 2 is 2.39 bits per heavy atom. The molecule has 0 aliphatic carbocycles. The Kier molecular flexibility index (Phi) is 5.15. The summed E-state index contributed by atoms with van der Waals surface area (Å²) in [7, 11) is 2.21. The van der Waals surface area contributed by atoms with Crippen LogP contribution in [0.1, 0.15) is 31.0 Å². The molecular formula is C14H25N3S. The zero-order valence-electron chi connectivity index (χ0n) is 11.8. The van der Waals surface area contributed by atoms with Gasteiger partial charge in [-0.25, -0.2) is 4.98 Å². The van der Waals surface area contributed by atoms with Crippen molar-refractivity contribution in [2.24, 2.45) is 5.92 Å². The van der Waals surface area contributed by atoms with E-state index in [2.05, 4.69) is 36.5 Å². The van der Waals surface area contributed by atoms with Crippen LogP contribution in [0.25, 0.3) is 0 Å². The fourth-order valence-corrected chi connectivity index (χ4v) is 3.29. The molecule has 1 saturated heterocycles. The standard InChI is InChI=1S/C14H25N3S/c1-11(2)8-13-10-18-14(16-13)5-4-12-9-17(3)7-6-15-12/h10-12,15H,4-9H2,1-3H3. The molecule has 2 heterocycles. The Morgan fingerprint density at radius 3 is 3.11 bits per heavy atom. The van der Waals surface area contributed by atoms with Gasteiger partial charge in [-0.15, -0.1) is 11.3 Å². The van der Waals surface area contributed by atoms with Gasteiger partial charge in [0.05, 0.1) is 10.7 Å². The Hall–Kier alpha value is -0.450. The van der Waals surface area contributed by atoms with Crippen LogP contribution in [0.15, 0.2) is 5.38 Å². The Morgan fingerprint density at radius 1 is 1.56 bits per heavy atom. The van der Waals surface area contributed by atoms with Crippen molar-refractivity contribution in [1.82, 2.24) is 15.2 Å². The molecule has 1 N–H and O–H groups in total. The molecule has 1 unspecified atom stereocenters. The lowest BCUT2D eigenvalue weighted by atomic mass is 10.1. The number of hydrogen-bond acceptors (Lipinski definition) is 4. The zero-order valence-corrected chi connectivity index (χ0v) is 12.6. The Labute approximate surface area is 115 Å². The molecule has 3 nitrogen and oxygen atoms in total. The third-order valence-corrected chi connectivity index (χ3v) is 4.34. The number of thiazole rings is 1. The quantitative estimate of drug-likeness (QED) is 0.886. The van der Waals surface area contributed by atoms with Gasteiger partial charge in [-0.1, -0.05) is 13.8 Å². The van der Waals surface area contributed by atoms with Gasteiger partial charge in [-0.2, -0.15) is 0 Å². The van der Waals surface area contributed by atoms with E-state index in [0.29, 0.717) is 12.0 Å². The predicted molar refractivity (Wildman–Crippen MR) is 78.3 cm³/mol. The first-order chi connectivity index (χ1) is 8.63. The first kappa shape index (κ1) is 14.0. The number of aromatic nitrogens is 1. The maximum Gasteiger partial charge on any atom is 0.0928 e. The second kappa shape index (κ2) is 6.64. The van der Waals surface area contributed by atoms with Gasteiger partial charge in [0.2, 0.25) is 0 Å². The van der Waals surface area contributed by atoms with E-state index >= 15 is 0 Å². The molecule has 0 radical (unpaired) electrons. The average Bonchev–Trinajstić information content (AvgIpc) is 2.73. The fraction of sp³-hybridized carbons (Fsp3) is 0.786. The van der Waals surface area contributed by atoms with E-state index in [1.165, 1.54) is 30.2 Å². The van der Waals surface area contributed by atoms with E-state index in [0.717, 1.165) is 19.4 Å². The number of rotatable bonds is 5. The molecule has 0 aromatic carbocycles. The lowest BCUT2D eigenvalue weighted by Crippen LogP contribution is -2.49. The molecule has 0 spiro atoms. The van der Waals surface area contributed by atoms with Crippen LogP contribution >= 0.6 is 11.3 Å². The summed E-state index contributed by atoms with van der Waals surface area (Å²) in [5.74, 6) is 0.702. The lowest BCUT2D eigenvalue weighted by molar-refractivity contribution is 0.232. The van der Waals surface area contributed by atoms with Crippen molar-refractivity contribution in [3.05, 3.63) is 16.1 Å². The molecule has 0 saturated carbocycles. The number of hydrogen-bond donors (Lipinski definition) is 1. The summed E-state index contributed by atoms with van der Waals surface area (Å²) in [6, 6.07) is 0.640. The maximum absolute atomic E-state index is 4.73. The summed E-state index contributed by atoms with van der Waals surface area (Å²) in [5.41, 5.74) is 1.28. The van der Waals surface area contributed by atoms with Crippen molar-refractivity contribution in [3.8, 4) is 0 Å². The summed E-state index contributed by atoms with van der Waals surface area (Å²) in [5, 5.41) is 7.13. The summed E-state index contributed by atoms with van der Waals surface area (Å²) in [4.78, 5) is 7.14. The van der Waals surface area contributed by atoms with E-state index < -0.39 is 0 Å². The van der Waals surface area contributed by atoms with Gasteiger partial charge in [0, 0.05) is 37.5 Å². The van der Waals surface area contributed by atoms with Crippen LogP contribution in [-0.4, -0.2) is 42.6 Å². The number of nitrogens with zero attached hydrogens (tertiary/aromatic N) is 2. The topological polar surface area (TPSA) is 28.2 Å². The SMILES string of the molecule is CC(C)Cc1csc(CCC2CN(C)CCN2)n1. The summed E-state index contributed by atoms with van der Waals surface area (Å²) in [6.45, 7) is 7.97. The van der Waals surface area contributed by atoms with Crippen LogP contribution in [0.3, 0.4) is 0 Å². The van der Waals surface area contributed by atoms with Gasteiger partial charge in [0.1, 0.15) is 0 Å². The first-order valence-electron chi connectivity index (χ1n) is 6.98. The molecule has 0 bridgehead atoms. The number of likely N-dealkylation sites (N-methyl/N-ethyl adjacent to an activating group) is 1. The van der Waals surface area contributed by atoms with Gasteiger partial charge < -0.3 is 10.2 Å². The predicted octanol–water partition coefficient (Wildman–Crippen LogP) is 2.18. The maximum atomic E-state index is 4.73. The largest absolute Gasteiger partial charge is 0.311 e. The van der Waals surface area contributed by atoms with Gasteiger partial charge in [0.15, 0.2) is 0 Å².